The lowest BCUT2D eigenvalue weighted by Gasteiger charge is -2.04. The number of carbonyl (C=O) groups is 2. The van der Waals surface area contributed by atoms with E-state index in [4.69, 9.17) is 0 Å². The molecule has 1 heterocycles. The maximum Gasteiger partial charge on any atom is 0.396 e. The van der Waals surface area contributed by atoms with Crippen LogP contribution in [0.3, 0.4) is 0 Å². The fourth-order valence-electron chi connectivity index (χ4n) is 1.18. The first-order valence-corrected chi connectivity index (χ1v) is 6.07. The summed E-state index contributed by atoms with van der Waals surface area (Å²) in [4.78, 5) is 35.7. The third-order valence-corrected chi connectivity index (χ3v) is 2.63. The van der Waals surface area contributed by atoms with E-state index in [9.17, 15) is 19.7 Å². The van der Waals surface area contributed by atoms with E-state index in [2.05, 4.69) is 31.0 Å². The molecule has 0 saturated carbocycles. The molecule has 1 N–H and O–H groups in total. The fraction of sp³-hybridized carbons (Fsp3) is 0.444. The number of amides is 1. The van der Waals surface area contributed by atoms with E-state index in [-0.39, 0.29) is 30.2 Å². The van der Waals surface area contributed by atoms with Crippen molar-refractivity contribution >= 4 is 33.6 Å². The lowest BCUT2D eigenvalue weighted by molar-refractivity contribution is -0.389. The molecule has 0 radical (unpaired) electrons. The number of hydrogen-bond acceptors (Lipinski definition) is 6. The number of hydrogen-bond donors (Lipinski definition) is 1. The summed E-state index contributed by atoms with van der Waals surface area (Å²) in [7, 11) is 0. The van der Waals surface area contributed by atoms with Crippen LogP contribution in [-0.4, -0.2) is 39.5 Å². The zero-order chi connectivity index (χ0) is 14.4. The Balaban J connectivity index is 2.47. The molecule has 0 aromatic carbocycles. The van der Waals surface area contributed by atoms with Gasteiger partial charge in [-0.3, -0.25) is 9.36 Å². The molecule has 9 nitrogen and oxygen atoms in total. The Hall–Kier alpha value is -1.97. The van der Waals surface area contributed by atoms with Crippen LogP contribution in [0.15, 0.2) is 10.9 Å². The number of nitro groups is 1. The summed E-state index contributed by atoms with van der Waals surface area (Å²) in [5.41, 5.74) is 0. The highest BCUT2D eigenvalue weighted by atomic mass is 79.9. The van der Waals surface area contributed by atoms with Gasteiger partial charge in [0.25, 0.3) is 4.73 Å². The molecule has 0 saturated heterocycles. The maximum absolute atomic E-state index is 11.2. The molecular formula is C9H11BrN4O5. The summed E-state index contributed by atoms with van der Waals surface area (Å²) in [6.45, 7) is 2.05. The van der Waals surface area contributed by atoms with E-state index in [1.54, 1.807) is 6.92 Å². The first-order chi connectivity index (χ1) is 8.95. The highest BCUT2D eigenvalue weighted by molar-refractivity contribution is 9.10. The van der Waals surface area contributed by atoms with Gasteiger partial charge in [0.1, 0.15) is 6.20 Å². The van der Waals surface area contributed by atoms with Gasteiger partial charge in [0, 0.05) is 29.0 Å². The number of carbonyl (C=O) groups excluding carboxylic acids is 2. The van der Waals surface area contributed by atoms with Crippen LogP contribution < -0.4 is 5.32 Å². The molecule has 1 aromatic rings. The Morgan fingerprint density at radius 3 is 2.84 bits per heavy atom. The van der Waals surface area contributed by atoms with Crippen LogP contribution in [0.2, 0.25) is 0 Å². The number of esters is 1. The summed E-state index contributed by atoms with van der Waals surface area (Å²) in [6.07, 6.45) is 1.22. The molecule has 0 bridgehead atoms. The van der Waals surface area contributed by atoms with Gasteiger partial charge in [0.15, 0.2) is 0 Å². The van der Waals surface area contributed by atoms with Gasteiger partial charge in [0.2, 0.25) is 0 Å². The maximum atomic E-state index is 11.2. The molecule has 0 aliphatic rings. The largest absolute Gasteiger partial charge is 0.459 e. The Morgan fingerprint density at radius 1 is 1.63 bits per heavy atom. The van der Waals surface area contributed by atoms with Crippen LogP contribution in [0.25, 0.3) is 0 Å². The van der Waals surface area contributed by atoms with Crippen LogP contribution in [0.4, 0.5) is 5.82 Å². The fourth-order valence-corrected chi connectivity index (χ4v) is 1.65. The highest BCUT2D eigenvalue weighted by Gasteiger charge is 2.17. The molecule has 0 aliphatic carbocycles. The topological polar surface area (TPSA) is 116 Å². The number of nitrogens with one attached hydrogen (secondary N) is 1. The minimum absolute atomic E-state index is 0.115. The predicted molar refractivity (Wildman–Crippen MR) is 66.2 cm³/mol. The van der Waals surface area contributed by atoms with E-state index < -0.39 is 16.8 Å². The Kier molecular flexibility index (Phi) is 5.42. The van der Waals surface area contributed by atoms with Crippen molar-refractivity contribution in [2.45, 2.75) is 13.5 Å². The molecule has 1 amide bonds. The van der Waals surface area contributed by atoms with Crippen molar-refractivity contribution < 1.29 is 19.2 Å². The minimum Gasteiger partial charge on any atom is -0.459 e. The molecule has 0 atom stereocenters. The lowest BCUT2D eigenvalue weighted by atomic mass is 10.5. The van der Waals surface area contributed by atoms with Crippen molar-refractivity contribution in [3.05, 3.63) is 21.0 Å². The van der Waals surface area contributed by atoms with Gasteiger partial charge in [-0.1, -0.05) is 0 Å². The van der Waals surface area contributed by atoms with Gasteiger partial charge in [-0.15, -0.1) is 0 Å². The molecule has 1 rings (SSSR count). The first kappa shape index (κ1) is 15.1. The second-order valence-electron chi connectivity index (χ2n) is 3.30. The molecule has 104 valence electrons. The minimum atomic E-state index is -0.960. The second-order valence-corrected chi connectivity index (χ2v) is 4.00. The van der Waals surface area contributed by atoms with Gasteiger partial charge >= 0.3 is 17.7 Å². The molecular weight excluding hydrogens is 324 g/mol. The third-order valence-electron chi connectivity index (χ3n) is 2.00. The van der Waals surface area contributed by atoms with Crippen molar-refractivity contribution in [2.24, 2.45) is 0 Å². The third kappa shape index (κ3) is 4.32. The normalized spacial score (nSPS) is 10.0. The predicted octanol–water partition coefficient (Wildman–Crippen LogP) is 0.233. The van der Waals surface area contributed by atoms with Crippen molar-refractivity contribution in [3.63, 3.8) is 0 Å². The summed E-state index contributed by atoms with van der Waals surface area (Å²) in [5.74, 6) is -2.12. The first-order valence-electron chi connectivity index (χ1n) is 5.27. The number of ether oxygens (including phenoxy) is 1. The van der Waals surface area contributed by atoms with Crippen LogP contribution in [-0.2, 0) is 20.9 Å². The number of nitrogens with zero attached hydrogens (tertiary/aromatic N) is 3. The van der Waals surface area contributed by atoms with Crippen LogP contribution in [0, 0.1) is 10.1 Å². The van der Waals surface area contributed by atoms with E-state index >= 15 is 0 Å². The van der Waals surface area contributed by atoms with Crippen molar-refractivity contribution in [2.75, 3.05) is 13.2 Å². The van der Waals surface area contributed by atoms with Crippen LogP contribution in [0.1, 0.15) is 6.92 Å². The summed E-state index contributed by atoms with van der Waals surface area (Å²) in [5, 5.41) is 12.8. The molecule has 0 unspecified atom stereocenters. The summed E-state index contributed by atoms with van der Waals surface area (Å²) in [6, 6.07) is 0. The van der Waals surface area contributed by atoms with Gasteiger partial charge in [-0.25, -0.2) is 4.79 Å². The van der Waals surface area contributed by atoms with E-state index in [0.717, 1.165) is 0 Å². The van der Waals surface area contributed by atoms with Crippen molar-refractivity contribution in [3.8, 4) is 0 Å². The SMILES string of the molecule is CCOC(=O)C(=O)NCCn1cc([N+](=O)[O-])nc1Br. The molecule has 1 aromatic heterocycles. The number of halogens is 1. The monoisotopic (exact) mass is 334 g/mol. The zero-order valence-corrected chi connectivity index (χ0v) is 11.5. The molecule has 0 fully saturated rings. The zero-order valence-electron chi connectivity index (χ0n) is 9.96. The Labute approximate surface area is 116 Å². The quantitative estimate of drug-likeness (QED) is 0.356. The Bertz CT molecular complexity index is 501. The van der Waals surface area contributed by atoms with Crippen molar-refractivity contribution in [1.29, 1.82) is 0 Å². The van der Waals surface area contributed by atoms with Crippen molar-refractivity contribution in [1.82, 2.24) is 14.9 Å². The van der Waals surface area contributed by atoms with E-state index in [1.165, 1.54) is 10.8 Å². The smallest absolute Gasteiger partial charge is 0.396 e. The average Bonchev–Trinajstić information content (AvgIpc) is 2.71. The second kappa shape index (κ2) is 6.83. The standard InChI is InChI=1S/C9H11BrN4O5/c1-2-19-8(16)7(15)11-3-4-13-5-6(14(17)18)12-9(13)10/h5H,2-4H2,1H3,(H,11,15). The number of aromatic nitrogens is 2. The molecule has 10 heteroatoms. The van der Waals surface area contributed by atoms with Gasteiger partial charge in [-0.2, -0.15) is 0 Å². The van der Waals surface area contributed by atoms with E-state index in [1.807, 2.05) is 0 Å². The number of rotatable bonds is 5. The Morgan fingerprint density at radius 2 is 2.32 bits per heavy atom. The number of imidazole rings is 1. The van der Waals surface area contributed by atoms with Gasteiger partial charge < -0.3 is 20.2 Å². The van der Waals surface area contributed by atoms with Crippen LogP contribution in [0.5, 0.6) is 0 Å². The highest BCUT2D eigenvalue weighted by Crippen LogP contribution is 2.15. The van der Waals surface area contributed by atoms with Gasteiger partial charge in [0.05, 0.1) is 6.61 Å². The summed E-state index contributed by atoms with van der Waals surface area (Å²) >= 11 is 3.05. The lowest BCUT2D eigenvalue weighted by Crippen LogP contribution is -2.34. The molecule has 0 spiro atoms. The van der Waals surface area contributed by atoms with Crippen LogP contribution >= 0.6 is 15.9 Å². The summed E-state index contributed by atoms with van der Waals surface area (Å²) < 4.78 is 6.20. The molecule has 0 aliphatic heterocycles. The van der Waals surface area contributed by atoms with E-state index in [0.29, 0.717) is 0 Å². The average molecular weight is 335 g/mol. The molecule has 19 heavy (non-hydrogen) atoms. The van der Waals surface area contributed by atoms with Gasteiger partial charge in [-0.05, 0) is 16.8 Å².